The van der Waals surface area contributed by atoms with Gasteiger partial charge in [-0.1, -0.05) is 47.5 Å². The van der Waals surface area contributed by atoms with Gasteiger partial charge in [0.2, 0.25) is 0 Å². The van der Waals surface area contributed by atoms with Gasteiger partial charge in [-0.2, -0.15) is 0 Å². The summed E-state index contributed by atoms with van der Waals surface area (Å²) in [4.78, 5) is 18.2. The van der Waals surface area contributed by atoms with Gasteiger partial charge in [0.1, 0.15) is 16.7 Å². The lowest BCUT2D eigenvalue weighted by molar-refractivity contribution is -0.140. The van der Waals surface area contributed by atoms with E-state index in [9.17, 15) is 13.2 Å². The minimum atomic E-state index is -4.34. The highest BCUT2D eigenvalue weighted by atomic mass is 35.5. The molecule has 3 aromatic carbocycles. The maximum Gasteiger partial charge on any atom is 0.270 e. The first kappa shape index (κ1) is 26.9. The van der Waals surface area contributed by atoms with Gasteiger partial charge in [-0.25, -0.2) is 18.1 Å². The highest BCUT2D eigenvalue weighted by molar-refractivity contribution is 7.90. The van der Waals surface area contributed by atoms with Gasteiger partial charge in [0, 0.05) is 16.9 Å². The minimum Gasteiger partial charge on any atom is -0.496 e. The molecule has 0 radical (unpaired) electrons. The Morgan fingerprint density at radius 3 is 2.56 bits per heavy atom. The summed E-state index contributed by atoms with van der Waals surface area (Å²) in [5.41, 5.74) is 0.910. The molecule has 202 valence electrons. The summed E-state index contributed by atoms with van der Waals surface area (Å²) < 4.78 is 47.0. The first-order valence-corrected chi connectivity index (χ1v) is 14.1. The van der Waals surface area contributed by atoms with Crippen molar-refractivity contribution in [3.63, 3.8) is 0 Å². The van der Waals surface area contributed by atoms with E-state index in [2.05, 4.69) is 9.71 Å². The van der Waals surface area contributed by atoms with E-state index in [1.165, 1.54) is 19.2 Å². The molecule has 39 heavy (non-hydrogen) atoms. The average molecular weight is 567 g/mol. The Hall–Kier alpha value is -3.66. The number of carbonyl (C=O) groups excluding carboxylic acids is 1. The Kier molecular flexibility index (Phi) is 7.24. The Morgan fingerprint density at radius 1 is 1.03 bits per heavy atom. The van der Waals surface area contributed by atoms with E-state index in [-0.39, 0.29) is 29.0 Å². The molecule has 0 unspecified atom stereocenters. The van der Waals surface area contributed by atoms with Crippen LogP contribution in [0, 0.1) is 6.92 Å². The van der Waals surface area contributed by atoms with E-state index in [4.69, 9.17) is 25.8 Å². The second-order valence-corrected chi connectivity index (χ2v) is 11.4. The fraction of sp³-hybridized carbons (Fsp3) is 0.241. The van der Waals surface area contributed by atoms with Crippen LogP contribution >= 0.6 is 11.6 Å². The lowest BCUT2D eigenvalue weighted by atomic mass is 9.83. The first-order valence-electron chi connectivity index (χ1n) is 12.2. The van der Waals surface area contributed by atoms with Crippen LogP contribution in [-0.4, -0.2) is 40.1 Å². The maximum atomic E-state index is 14.1. The molecule has 2 heterocycles. The number of para-hydroxylation sites is 1. The van der Waals surface area contributed by atoms with Crippen molar-refractivity contribution in [2.45, 2.75) is 29.8 Å². The number of halogens is 1. The van der Waals surface area contributed by atoms with Gasteiger partial charge in [-0.15, -0.1) is 0 Å². The smallest absolute Gasteiger partial charge is 0.270 e. The number of aryl methyl sites for hydroxylation is 1. The molecule has 0 saturated carbocycles. The van der Waals surface area contributed by atoms with Crippen molar-refractivity contribution in [3.8, 4) is 11.5 Å². The largest absolute Gasteiger partial charge is 0.496 e. The van der Waals surface area contributed by atoms with Crippen LogP contribution in [0.4, 0.5) is 0 Å². The number of aromatic nitrogens is 1. The fourth-order valence-corrected chi connectivity index (χ4v) is 6.51. The topological polar surface area (TPSA) is 104 Å². The zero-order chi connectivity index (χ0) is 27.8. The van der Waals surface area contributed by atoms with Crippen molar-refractivity contribution < 1.29 is 27.4 Å². The zero-order valence-electron chi connectivity index (χ0n) is 21.6. The summed E-state index contributed by atoms with van der Waals surface area (Å²) in [7, 11) is -1.26. The summed E-state index contributed by atoms with van der Waals surface area (Å²) >= 11 is 6.00. The van der Waals surface area contributed by atoms with Crippen molar-refractivity contribution in [2.24, 2.45) is 0 Å². The number of nitrogens with one attached hydrogen (secondary N) is 1. The molecule has 0 spiro atoms. The normalized spacial score (nSPS) is 19.1. The second-order valence-electron chi connectivity index (χ2n) is 9.38. The van der Waals surface area contributed by atoms with Gasteiger partial charge in [0.05, 0.1) is 31.2 Å². The number of benzene rings is 3. The second kappa shape index (κ2) is 10.5. The van der Waals surface area contributed by atoms with Gasteiger partial charge in [-0.3, -0.25) is 4.79 Å². The SMILES string of the molecule is COc1ccccc1[C@@H]1CO[C@@](C(=O)NS(=O)(=O)c2cccc3nc(Cl)ccc23)(c2cc(C)ccc2OC)C1. The zero-order valence-corrected chi connectivity index (χ0v) is 23.2. The van der Waals surface area contributed by atoms with Gasteiger partial charge in [0.25, 0.3) is 15.9 Å². The first-order chi connectivity index (χ1) is 18.7. The number of amides is 1. The standard InChI is InChI=1S/C29H27ClN2O6S/c1-18-11-13-25(37-3)22(15-18)29(16-19(17-38-29)20-7-4-5-9-24(20)36-2)28(33)32-39(34,35)26-10-6-8-23-21(26)12-14-27(30)31-23/h4-15,19H,16-17H2,1-3H3,(H,32,33)/t19-,29+/m0/s1. The lowest BCUT2D eigenvalue weighted by Gasteiger charge is -2.29. The van der Waals surface area contributed by atoms with Gasteiger partial charge in [-0.05, 0) is 61.4 Å². The third kappa shape index (κ3) is 4.93. The molecular formula is C29H27ClN2O6S. The van der Waals surface area contributed by atoms with Crippen LogP contribution in [0.25, 0.3) is 10.9 Å². The number of carbonyl (C=O) groups is 1. The van der Waals surface area contributed by atoms with Crippen molar-refractivity contribution in [3.05, 3.63) is 94.6 Å². The van der Waals surface area contributed by atoms with Crippen molar-refractivity contribution in [1.29, 1.82) is 0 Å². The molecule has 4 aromatic rings. The lowest BCUT2D eigenvalue weighted by Crippen LogP contribution is -2.46. The average Bonchev–Trinajstić information content (AvgIpc) is 3.39. The molecule has 1 aliphatic heterocycles. The van der Waals surface area contributed by atoms with Crippen LogP contribution in [-0.2, 0) is 25.2 Å². The van der Waals surface area contributed by atoms with E-state index >= 15 is 0 Å². The van der Waals surface area contributed by atoms with E-state index < -0.39 is 21.5 Å². The molecule has 1 aromatic heterocycles. The summed E-state index contributed by atoms with van der Waals surface area (Å²) in [5, 5.41) is 0.567. The van der Waals surface area contributed by atoms with Crippen LogP contribution in [0.3, 0.4) is 0 Å². The summed E-state index contributed by atoms with van der Waals surface area (Å²) in [6.45, 7) is 2.05. The number of hydrogen-bond acceptors (Lipinski definition) is 7. The molecule has 1 N–H and O–H groups in total. The third-order valence-electron chi connectivity index (χ3n) is 6.97. The predicted molar refractivity (Wildman–Crippen MR) is 148 cm³/mol. The van der Waals surface area contributed by atoms with Crippen LogP contribution in [0.5, 0.6) is 11.5 Å². The predicted octanol–water partition coefficient (Wildman–Crippen LogP) is 5.12. The number of rotatable bonds is 7. The number of hydrogen-bond donors (Lipinski definition) is 1. The molecule has 0 aliphatic carbocycles. The number of sulfonamides is 1. The summed E-state index contributed by atoms with van der Waals surface area (Å²) in [6, 6.07) is 20.6. The maximum absolute atomic E-state index is 14.1. The summed E-state index contributed by atoms with van der Waals surface area (Å²) in [5.74, 6) is 0.0114. The Bertz CT molecular complexity index is 1680. The number of fused-ring (bicyclic) bond motifs is 1. The van der Waals surface area contributed by atoms with Crippen molar-refractivity contribution in [1.82, 2.24) is 9.71 Å². The third-order valence-corrected chi connectivity index (χ3v) is 8.57. The highest BCUT2D eigenvalue weighted by Crippen LogP contribution is 2.48. The number of methoxy groups -OCH3 is 2. The van der Waals surface area contributed by atoms with E-state index in [0.29, 0.717) is 28.0 Å². The van der Waals surface area contributed by atoms with Gasteiger partial charge >= 0.3 is 0 Å². The minimum absolute atomic E-state index is 0.0943. The number of ether oxygens (including phenoxy) is 3. The monoisotopic (exact) mass is 566 g/mol. The molecule has 10 heteroatoms. The van der Waals surface area contributed by atoms with Gasteiger partial charge < -0.3 is 14.2 Å². The molecule has 1 saturated heterocycles. The molecule has 8 nitrogen and oxygen atoms in total. The Balaban J connectivity index is 1.59. The van der Waals surface area contributed by atoms with E-state index in [1.807, 2.05) is 37.3 Å². The number of pyridine rings is 1. The molecule has 1 fully saturated rings. The quantitative estimate of drug-likeness (QED) is 0.310. The van der Waals surface area contributed by atoms with E-state index in [1.54, 1.807) is 37.4 Å². The molecule has 1 amide bonds. The molecule has 2 atom stereocenters. The highest BCUT2D eigenvalue weighted by Gasteiger charge is 2.52. The van der Waals surface area contributed by atoms with Crippen LogP contribution in [0.15, 0.2) is 77.7 Å². The van der Waals surface area contributed by atoms with E-state index in [0.717, 1.165) is 11.1 Å². The number of nitrogens with zero attached hydrogens (tertiary/aromatic N) is 1. The van der Waals surface area contributed by atoms with Crippen LogP contribution in [0.1, 0.15) is 29.0 Å². The molecule has 1 aliphatic rings. The summed E-state index contributed by atoms with van der Waals surface area (Å²) in [6.07, 6.45) is 0.168. The van der Waals surface area contributed by atoms with Gasteiger partial charge in [0.15, 0.2) is 5.60 Å². The molecular weight excluding hydrogens is 540 g/mol. The molecule has 0 bridgehead atoms. The molecule has 5 rings (SSSR count). The Morgan fingerprint density at radius 2 is 1.79 bits per heavy atom. The van der Waals surface area contributed by atoms with Crippen molar-refractivity contribution in [2.75, 3.05) is 20.8 Å². The van der Waals surface area contributed by atoms with Crippen molar-refractivity contribution >= 4 is 38.4 Å². The Labute approximate surface area is 231 Å². The van der Waals surface area contributed by atoms with Crippen LogP contribution < -0.4 is 14.2 Å². The van der Waals surface area contributed by atoms with Crippen LogP contribution in [0.2, 0.25) is 5.15 Å². The fourth-order valence-electron chi connectivity index (χ4n) is 5.11.